The zero-order chi connectivity index (χ0) is 21.8. The number of hydrogen-bond donors (Lipinski definition) is 1. The van der Waals surface area contributed by atoms with E-state index in [-0.39, 0.29) is 29.8 Å². The predicted octanol–water partition coefficient (Wildman–Crippen LogP) is 3.53. The molecule has 1 N–H and O–H groups in total. The number of carbonyl (C=O) groups excluding carboxylic acids is 1. The van der Waals surface area contributed by atoms with E-state index in [0.29, 0.717) is 30.5 Å². The molecule has 2 aliphatic heterocycles. The Kier molecular flexibility index (Phi) is 6.69. The summed E-state index contributed by atoms with van der Waals surface area (Å²) in [6.45, 7) is 1.93. The molecule has 1 amide bonds. The van der Waals surface area contributed by atoms with Crippen LogP contribution in [0.2, 0.25) is 5.02 Å². The number of likely N-dealkylation sites (tertiary alicyclic amines) is 1. The summed E-state index contributed by atoms with van der Waals surface area (Å²) in [6, 6.07) is 11.7. The van der Waals surface area contributed by atoms with E-state index in [9.17, 15) is 13.2 Å². The molecule has 0 radical (unpaired) electrons. The monoisotopic (exact) mass is 464 g/mol. The lowest BCUT2D eigenvalue weighted by Crippen LogP contribution is -2.34. The van der Waals surface area contributed by atoms with Gasteiger partial charge in [0, 0.05) is 31.0 Å². The second-order valence-electron chi connectivity index (χ2n) is 7.60. The largest absolute Gasteiger partial charge is 0.490 e. The number of benzene rings is 2. The van der Waals surface area contributed by atoms with Gasteiger partial charge in [0.05, 0.1) is 24.2 Å². The molecule has 2 heterocycles. The zero-order valence-corrected chi connectivity index (χ0v) is 18.6. The Morgan fingerprint density at radius 2 is 1.81 bits per heavy atom. The van der Waals surface area contributed by atoms with Gasteiger partial charge in [-0.15, -0.1) is 0 Å². The van der Waals surface area contributed by atoms with Crippen LogP contribution < -0.4 is 14.2 Å². The van der Waals surface area contributed by atoms with E-state index in [1.807, 2.05) is 23.1 Å². The van der Waals surface area contributed by atoms with Gasteiger partial charge in [0.2, 0.25) is 15.9 Å². The molecule has 0 spiro atoms. The van der Waals surface area contributed by atoms with Crippen molar-refractivity contribution >= 4 is 27.5 Å². The van der Waals surface area contributed by atoms with E-state index in [2.05, 4.69) is 4.72 Å². The minimum absolute atomic E-state index is 0.0359. The minimum atomic E-state index is -3.69. The molecule has 1 saturated heterocycles. The fraction of sp³-hybridized carbons (Fsp3) is 0.409. The predicted molar refractivity (Wildman–Crippen MR) is 117 cm³/mol. The van der Waals surface area contributed by atoms with E-state index >= 15 is 0 Å². The fourth-order valence-electron chi connectivity index (χ4n) is 3.93. The van der Waals surface area contributed by atoms with Gasteiger partial charge in [0.1, 0.15) is 0 Å². The number of sulfonamides is 1. The molecule has 2 aliphatic rings. The van der Waals surface area contributed by atoms with Crippen molar-refractivity contribution in [3.63, 3.8) is 0 Å². The van der Waals surface area contributed by atoms with Crippen LogP contribution in [0.3, 0.4) is 0 Å². The first-order valence-corrected chi connectivity index (χ1v) is 12.2. The second-order valence-corrected chi connectivity index (χ2v) is 9.81. The van der Waals surface area contributed by atoms with E-state index in [1.165, 1.54) is 24.3 Å². The smallest absolute Gasteiger partial charge is 0.240 e. The third-order valence-corrected chi connectivity index (χ3v) is 7.21. The molecule has 166 valence electrons. The maximum absolute atomic E-state index is 12.9. The van der Waals surface area contributed by atoms with Crippen molar-refractivity contribution in [2.75, 3.05) is 26.3 Å². The first kappa shape index (κ1) is 21.9. The van der Waals surface area contributed by atoms with Crippen molar-refractivity contribution in [2.24, 2.45) is 0 Å². The molecule has 2 aromatic rings. The highest BCUT2D eigenvalue weighted by Crippen LogP contribution is 2.38. The van der Waals surface area contributed by atoms with Crippen LogP contribution in [-0.2, 0) is 14.8 Å². The van der Waals surface area contributed by atoms with E-state index in [1.54, 1.807) is 0 Å². The molecule has 1 fully saturated rings. The van der Waals surface area contributed by atoms with E-state index in [4.69, 9.17) is 21.1 Å². The van der Waals surface area contributed by atoms with Crippen LogP contribution >= 0.6 is 11.6 Å². The number of ether oxygens (including phenoxy) is 2. The Morgan fingerprint density at radius 1 is 1.06 bits per heavy atom. The van der Waals surface area contributed by atoms with Gasteiger partial charge in [-0.05, 0) is 54.8 Å². The number of halogens is 1. The Hall–Kier alpha value is -2.29. The normalized spacial score (nSPS) is 18.6. The summed E-state index contributed by atoms with van der Waals surface area (Å²) in [4.78, 5) is 14.8. The van der Waals surface area contributed by atoms with Crippen LogP contribution in [0.5, 0.6) is 11.5 Å². The molecule has 0 saturated carbocycles. The van der Waals surface area contributed by atoms with Gasteiger partial charge in [-0.3, -0.25) is 4.79 Å². The second kappa shape index (κ2) is 9.46. The van der Waals surface area contributed by atoms with E-state index in [0.717, 1.165) is 30.6 Å². The van der Waals surface area contributed by atoms with Crippen LogP contribution in [-0.4, -0.2) is 45.5 Å². The molecule has 31 heavy (non-hydrogen) atoms. The molecule has 9 heteroatoms. The number of fused-ring (bicyclic) bond motifs is 1. The van der Waals surface area contributed by atoms with Crippen molar-refractivity contribution in [1.29, 1.82) is 0 Å². The Labute approximate surface area is 187 Å². The summed E-state index contributed by atoms with van der Waals surface area (Å²) in [6.07, 6.45) is 2.70. The highest BCUT2D eigenvalue weighted by molar-refractivity contribution is 7.89. The number of amides is 1. The van der Waals surface area contributed by atoms with Gasteiger partial charge in [-0.1, -0.05) is 17.7 Å². The van der Waals surface area contributed by atoms with Gasteiger partial charge in [0.25, 0.3) is 0 Å². The van der Waals surface area contributed by atoms with Gasteiger partial charge < -0.3 is 14.4 Å². The zero-order valence-electron chi connectivity index (χ0n) is 17.1. The molecular formula is C22H25ClN2O5S. The number of rotatable bonds is 6. The number of nitrogens with one attached hydrogen (secondary N) is 1. The van der Waals surface area contributed by atoms with E-state index < -0.39 is 10.0 Å². The average Bonchev–Trinajstić information content (AvgIpc) is 3.13. The van der Waals surface area contributed by atoms with Crippen LogP contribution in [0.25, 0.3) is 0 Å². The number of nitrogens with zero attached hydrogens (tertiary/aromatic N) is 1. The lowest BCUT2D eigenvalue weighted by Gasteiger charge is -2.26. The Bertz CT molecular complexity index is 1040. The Balaban J connectivity index is 1.38. The highest BCUT2D eigenvalue weighted by atomic mass is 35.5. The number of hydrogen-bond acceptors (Lipinski definition) is 5. The van der Waals surface area contributed by atoms with Crippen molar-refractivity contribution in [3.05, 3.63) is 53.1 Å². The molecule has 0 unspecified atom stereocenters. The van der Waals surface area contributed by atoms with Crippen molar-refractivity contribution < 1.29 is 22.7 Å². The van der Waals surface area contributed by atoms with Crippen LogP contribution in [0, 0.1) is 0 Å². The lowest BCUT2D eigenvalue weighted by molar-refractivity contribution is -0.131. The molecule has 0 aliphatic carbocycles. The van der Waals surface area contributed by atoms with Crippen molar-refractivity contribution in [2.45, 2.75) is 36.6 Å². The average molecular weight is 465 g/mol. The molecule has 4 rings (SSSR count). The van der Waals surface area contributed by atoms with Crippen molar-refractivity contribution in [1.82, 2.24) is 9.62 Å². The third-order valence-electron chi connectivity index (χ3n) is 5.48. The molecule has 7 nitrogen and oxygen atoms in total. The molecule has 2 aromatic carbocycles. The van der Waals surface area contributed by atoms with Crippen molar-refractivity contribution in [3.8, 4) is 11.5 Å². The first-order valence-electron chi connectivity index (χ1n) is 10.4. The molecular weight excluding hydrogens is 440 g/mol. The SMILES string of the molecule is O=C(CCNS(=O)(=O)c1ccc(Cl)cc1)N1CCC[C@@H]1c1ccc2c(c1)OCCCO2. The quantitative estimate of drug-likeness (QED) is 0.706. The summed E-state index contributed by atoms with van der Waals surface area (Å²) in [5.41, 5.74) is 1.01. The summed E-state index contributed by atoms with van der Waals surface area (Å²) in [5.74, 6) is 1.37. The standard InChI is InChI=1S/C22H25ClN2O5S/c23-17-5-7-18(8-6-17)31(27,28)24-11-10-22(26)25-12-1-3-19(25)16-4-9-20-21(15-16)30-14-2-13-29-20/h4-9,15,19,24H,1-3,10-14H2/t19-/m1/s1. The molecule has 0 aromatic heterocycles. The lowest BCUT2D eigenvalue weighted by atomic mass is 10.0. The summed E-state index contributed by atoms with van der Waals surface area (Å²) < 4.78 is 38.8. The van der Waals surface area contributed by atoms with Crippen LogP contribution in [0.1, 0.15) is 37.3 Å². The first-order chi connectivity index (χ1) is 14.9. The highest BCUT2D eigenvalue weighted by Gasteiger charge is 2.30. The fourth-order valence-corrected chi connectivity index (χ4v) is 5.09. The molecule has 0 bridgehead atoms. The van der Waals surface area contributed by atoms with Gasteiger partial charge in [-0.25, -0.2) is 13.1 Å². The van der Waals surface area contributed by atoms with Gasteiger partial charge in [0.15, 0.2) is 11.5 Å². The Morgan fingerprint density at radius 3 is 2.58 bits per heavy atom. The summed E-state index contributed by atoms with van der Waals surface area (Å²) in [7, 11) is -3.69. The topological polar surface area (TPSA) is 84.9 Å². The number of carbonyl (C=O) groups is 1. The van der Waals surface area contributed by atoms with Gasteiger partial charge in [-0.2, -0.15) is 0 Å². The summed E-state index contributed by atoms with van der Waals surface area (Å²) >= 11 is 5.81. The maximum atomic E-state index is 12.9. The van der Waals surface area contributed by atoms with Gasteiger partial charge >= 0.3 is 0 Å². The maximum Gasteiger partial charge on any atom is 0.240 e. The minimum Gasteiger partial charge on any atom is -0.490 e. The van der Waals surface area contributed by atoms with Crippen LogP contribution in [0.15, 0.2) is 47.4 Å². The molecule has 1 atom stereocenters. The summed E-state index contributed by atoms with van der Waals surface area (Å²) in [5, 5.41) is 0.462. The third kappa shape index (κ3) is 5.14. The van der Waals surface area contributed by atoms with Crippen LogP contribution in [0.4, 0.5) is 0 Å².